The number of halogens is 1. The van der Waals surface area contributed by atoms with E-state index < -0.39 is 0 Å². The summed E-state index contributed by atoms with van der Waals surface area (Å²) in [5, 5.41) is 3.22. The highest BCUT2D eigenvalue weighted by Crippen LogP contribution is 2.12. The zero-order chi connectivity index (χ0) is 13.4. The molecule has 0 heterocycles. The van der Waals surface area contributed by atoms with Crippen molar-refractivity contribution in [3.8, 4) is 0 Å². The minimum atomic E-state index is -0.203. The smallest absolute Gasteiger partial charge is 0.128 e. The molecule has 1 N–H and O–H groups in total. The average Bonchev–Trinajstić information content (AvgIpc) is 2.34. The monoisotopic (exact) mass is 251 g/mol. The van der Waals surface area contributed by atoms with Gasteiger partial charge in [-0.05, 0) is 37.6 Å². The van der Waals surface area contributed by atoms with Crippen LogP contribution in [0.3, 0.4) is 0 Å². The van der Waals surface area contributed by atoms with Gasteiger partial charge in [-0.2, -0.15) is 0 Å². The van der Waals surface area contributed by atoms with Gasteiger partial charge in [0.1, 0.15) is 5.82 Å². The lowest BCUT2D eigenvalue weighted by Gasteiger charge is -2.08. The molecule has 0 spiro atoms. The number of rotatable bonds is 8. The van der Waals surface area contributed by atoms with Crippen LogP contribution in [0.25, 0.3) is 0 Å². The molecule has 0 saturated heterocycles. The number of benzene rings is 1. The zero-order valence-electron chi connectivity index (χ0n) is 11.3. The maximum atomic E-state index is 13.6. The Labute approximate surface area is 109 Å². The topological polar surface area (TPSA) is 21.3 Å². The SMILES string of the molecule is C=C(C)CCOCc1cc(CNCC)ccc1F. The summed E-state index contributed by atoms with van der Waals surface area (Å²) >= 11 is 0. The molecule has 0 aliphatic heterocycles. The summed E-state index contributed by atoms with van der Waals surface area (Å²) in [5.41, 5.74) is 2.78. The molecule has 1 aromatic carbocycles. The van der Waals surface area contributed by atoms with Crippen molar-refractivity contribution in [2.75, 3.05) is 13.2 Å². The van der Waals surface area contributed by atoms with Crippen molar-refractivity contribution >= 4 is 0 Å². The first-order valence-corrected chi connectivity index (χ1v) is 6.33. The van der Waals surface area contributed by atoms with Crippen LogP contribution in [-0.4, -0.2) is 13.2 Å². The van der Waals surface area contributed by atoms with Crippen molar-refractivity contribution in [2.45, 2.75) is 33.4 Å². The van der Waals surface area contributed by atoms with Gasteiger partial charge >= 0.3 is 0 Å². The summed E-state index contributed by atoms with van der Waals surface area (Å²) in [4.78, 5) is 0. The minimum absolute atomic E-state index is 0.203. The first kappa shape index (κ1) is 14.9. The average molecular weight is 251 g/mol. The Hall–Kier alpha value is -1.19. The third kappa shape index (κ3) is 5.43. The van der Waals surface area contributed by atoms with E-state index in [4.69, 9.17) is 4.74 Å². The highest BCUT2D eigenvalue weighted by Gasteiger charge is 2.04. The molecule has 0 bridgehead atoms. The maximum Gasteiger partial charge on any atom is 0.128 e. The summed E-state index contributed by atoms with van der Waals surface area (Å²) in [6.45, 7) is 10.4. The highest BCUT2D eigenvalue weighted by molar-refractivity contribution is 5.24. The Morgan fingerprint density at radius 3 is 2.89 bits per heavy atom. The predicted molar refractivity (Wildman–Crippen MR) is 72.9 cm³/mol. The van der Waals surface area contributed by atoms with Gasteiger partial charge in [0.05, 0.1) is 13.2 Å². The van der Waals surface area contributed by atoms with Crippen LogP contribution in [0.5, 0.6) is 0 Å². The van der Waals surface area contributed by atoms with E-state index in [9.17, 15) is 4.39 Å². The van der Waals surface area contributed by atoms with Crippen molar-refractivity contribution < 1.29 is 9.13 Å². The fraction of sp³-hybridized carbons (Fsp3) is 0.467. The second-order valence-corrected chi connectivity index (χ2v) is 4.47. The number of ether oxygens (including phenoxy) is 1. The standard InChI is InChI=1S/C15H22FNO/c1-4-17-10-13-5-6-15(16)14(9-13)11-18-8-7-12(2)3/h5-6,9,17H,2,4,7-8,10-11H2,1,3H3. The van der Waals surface area contributed by atoms with E-state index >= 15 is 0 Å². The van der Waals surface area contributed by atoms with E-state index in [2.05, 4.69) is 11.9 Å². The van der Waals surface area contributed by atoms with Crippen molar-refractivity contribution in [1.82, 2.24) is 5.32 Å². The Morgan fingerprint density at radius 2 is 2.22 bits per heavy atom. The van der Waals surface area contributed by atoms with Crippen molar-refractivity contribution in [2.24, 2.45) is 0 Å². The third-order valence-electron chi connectivity index (χ3n) is 2.62. The minimum Gasteiger partial charge on any atom is -0.376 e. The molecule has 0 aliphatic rings. The second-order valence-electron chi connectivity index (χ2n) is 4.47. The fourth-order valence-electron chi connectivity index (χ4n) is 1.55. The van der Waals surface area contributed by atoms with Crippen LogP contribution < -0.4 is 5.32 Å². The number of hydrogen-bond donors (Lipinski definition) is 1. The summed E-state index contributed by atoms with van der Waals surface area (Å²) < 4.78 is 19.0. The van der Waals surface area contributed by atoms with Gasteiger partial charge in [0.2, 0.25) is 0 Å². The van der Waals surface area contributed by atoms with Crippen LogP contribution in [0.2, 0.25) is 0 Å². The summed E-state index contributed by atoms with van der Waals surface area (Å²) in [5.74, 6) is -0.203. The Balaban J connectivity index is 2.49. The van der Waals surface area contributed by atoms with E-state index in [1.807, 2.05) is 19.9 Å². The molecule has 0 aliphatic carbocycles. The molecule has 0 amide bonds. The molecule has 1 aromatic rings. The largest absolute Gasteiger partial charge is 0.376 e. The second kappa shape index (κ2) is 8.01. The molecule has 3 heteroatoms. The van der Waals surface area contributed by atoms with Crippen LogP contribution in [0.4, 0.5) is 4.39 Å². The Bertz CT molecular complexity index is 390. The highest BCUT2D eigenvalue weighted by atomic mass is 19.1. The molecule has 18 heavy (non-hydrogen) atoms. The quantitative estimate of drug-likeness (QED) is 0.564. The van der Waals surface area contributed by atoms with Crippen molar-refractivity contribution in [3.63, 3.8) is 0 Å². The zero-order valence-corrected chi connectivity index (χ0v) is 11.3. The first-order valence-electron chi connectivity index (χ1n) is 6.33. The predicted octanol–water partition coefficient (Wildman–Crippen LogP) is 3.42. The molecular formula is C15H22FNO. The van der Waals surface area contributed by atoms with E-state index in [0.29, 0.717) is 18.8 Å². The lowest BCUT2D eigenvalue weighted by atomic mass is 10.1. The molecule has 100 valence electrons. The summed E-state index contributed by atoms with van der Waals surface area (Å²) in [6, 6.07) is 5.16. The van der Waals surface area contributed by atoms with Crippen LogP contribution in [0.1, 0.15) is 31.4 Å². The van der Waals surface area contributed by atoms with Crippen molar-refractivity contribution in [1.29, 1.82) is 0 Å². The third-order valence-corrected chi connectivity index (χ3v) is 2.62. The lowest BCUT2D eigenvalue weighted by molar-refractivity contribution is 0.121. The van der Waals surface area contributed by atoms with Crippen LogP contribution in [0.15, 0.2) is 30.4 Å². The van der Waals surface area contributed by atoms with Crippen LogP contribution >= 0.6 is 0 Å². The number of nitrogens with one attached hydrogen (secondary N) is 1. The van der Waals surface area contributed by atoms with Gasteiger partial charge < -0.3 is 10.1 Å². The number of hydrogen-bond acceptors (Lipinski definition) is 2. The van der Waals surface area contributed by atoms with E-state index in [-0.39, 0.29) is 5.82 Å². The van der Waals surface area contributed by atoms with Gasteiger partial charge in [0, 0.05) is 12.1 Å². The van der Waals surface area contributed by atoms with Crippen LogP contribution in [-0.2, 0) is 17.9 Å². The van der Waals surface area contributed by atoms with Crippen molar-refractivity contribution in [3.05, 3.63) is 47.3 Å². The molecular weight excluding hydrogens is 229 g/mol. The fourth-order valence-corrected chi connectivity index (χ4v) is 1.55. The van der Waals surface area contributed by atoms with E-state index in [1.165, 1.54) is 6.07 Å². The molecule has 0 saturated carbocycles. The van der Waals surface area contributed by atoms with Gasteiger partial charge in [-0.15, -0.1) is 6.58 Å². The summed E-state index contributed by atoms with van der Waals surface area (Å²) in [6.07, 6.45) is 0.818. The van der Waals surface area contributed by atoms with Gasteiger partial charge in [0.15, 0.2) is 0 Å². The molecule has 0 unspecified atom stereocenters. The van der Waals surface area contributed by atoms with Gasteiger partial charge in [-0.25, -0.2) is 4.39 Å². The Kier molecular flexibility index (Phi) is 6.61. The summed E-state index contributed by atoms with van der Waals surface area (Å²) in [7, 11) is 0. The Morgan fingerprint density at radius 1 is 1.44 bits per heavy atom. The normalized spacial score (nSPS) is 10.6. The van der Waals surface area contributed by atoms with E-state index in [1.54, 1.807) is 6.07 Å². The molecule has 0 fully saturated rings. The van der Waals surface area contributed by atoms with Gasteiger partial charge in [-0.3, -0.25) is 0 Å². The van der Waals surface area contributed by atoms with Gasteiger partial charge in [0.25, 0.3) is 0 Å². The molecule has 0 atom stereocenters. The van der Waals surface area contributed by atoms with E-state index in [0.717, 1.165) is 30.6 Å². The van der Waals surface area contributed by atoms with Crippen LogP contribution in [0, 0.1) is 5.82 Å². The molecule has 2 nitrogen and oxygen atoms in total. The molecule has 0 aromatic heterocycles. The first-order chi connectivity index (χ1) is 8.63. The molecule has 1 rings (SSSR count). The molecule has 0 radical (unpaired) electrons. The lowest BCUT2D eigenvalue weighted by Crippen LogP contribution is -2.12. The maximum absolute atomic E-state index is 13.6. The van der Waals surface area contributed by atoms with Gasteiger partial charge in [-0.1, -0.05) is 18.6 Å².